The fourth-order valence-electron chi connectivity index (χ4n) is 3.10. The van der Waals surface area contributed by atoms with Crippen molar-refractivity contribution in [3.63, 3.8) is 0 Å². The lowest BCUT2D eigenvalue weighted by atomic mass is 9.78. The van der Waals surface area contributed by atoms with Crippen LogP contribution in [0.1, 0.15) is 24.3 Å². The maximum Gasteiger partial charge on any atom is 0.222 e. The van der Waals surface area contributed by atoms with E-state index in [2.05, 4.69) is 0 Å². The summed E-state index contributed by atoms with van der Waals surface area (Å²) in [6.45, 7) is 0. The Morgan fingerprint density at radius 3 is 2.35 bits per heavy atom. The van der Waals surface area contributed by atoms with Crippen molar-refractivity contribution in [1.82, 2.24) is 0 Å². The number of ether oxygens (including phenoxy) is 3. The summed E-state index contributed by atoms with van der Waals surface area (Å²) in [4.78, 5) is 11.1. The van der Waals surface area contributed by atoms with Crippen LogP contribution >= 0.6 is 11.6 Å². The van der Waals surface area contributed by atoms with E-state index in [1.165, 1.54) is 21.3 Å². The first-order valence-corrected chi connectivity index (χ1v) is 7.62. The molecule has 8 heteroatoms. The van der Waals surface area contributed by atoms with Crippen molar-refractivity contribution >= 4 is 11.6 Å². The van der Waals surface area contributed by atoms with Gasteiger partial charge in [-0.25, -0.2) is 0 Å². The Balaban J connectivity index is 2.52. The minimum atomic E-state index is -0.938. The SMILES string of the molecule is COc1ccc([C@@H]2C[C@@H](Cl)[C@H](O)C[C@H]2[N+](=O)[O-])c(OC)c1OC. The lowest BCUT2D eigenvalue weighted by molar-refractivity contribution is -0.532. The van der Waals surface area contributed by atoms with Crippen LogP contribution in [0.25, 0.3) is 0 Å². The summed E-state index contributed by atoms with van der Waals surface area (Å²) in [7, 11) is 4.45. The molecule has 23 heavy (non-hydrogen) atoms. The molecule has 1 N–H and O–H groups in total. The monoisotopic (exact) mass is 345 g/mol. The van der Waals surface area contributed by atoms with Crippen molar-refractivity contribution in [2.24, 2.45) is 0 Å². The second-order valence-corrected chi connectivity index (χ2v) is 6.00. The number of rotatable bonds is 5. The minimum Gasteiger partial charge on any atom is -0.493 e. The maximum atomic E-state index is 11.4. The Morgan fingerprint density at radius 1 is 1.17 bits per heavy atom. The molecule has 128 valence electrons. The Kier molecular flexibility index (Phi) is 5.54. The Morgan fingerprint density at radius 2 is 1.83 bits per heavy atom. The molecule has 0 bridgehead atoms. The predicted octanol–water partition coefficient (Wildman–Crippen LogP) is 2.20. The van der Waals surface area contributed by atoms with Crippen LogP contribution in [0.15, 0.2) is 12.1 Å². The van der Waals surface area contributed by atoms with E-state index in [9.17, 15) is 15.2 Å². The molecule has 4 atom stereocenters. The second-order valence-electron chi connectivity index (χ2n) is 5.44. The molecule has 1 saturated carbocycles. The normalized spacial score (nSPS) is 27.3. The predicted molar refractivity (Wildman–Crippen MR) is 84.5 cm³/mol. The molecule has 1 aliphatic rings. The smallest absolute Gasteiger partial charge is 0.222 e. The molecular weight excluding hydrogens is 326 g/mol. The van der Waals surface area contributed by atoms with E-state index in [4.69, 9.17) is 25.8 Å². The average Bonchev–Trinajstić information content (AvgIpc) is 2.55. The van der Waals surface area contributed by atoms with Crippen LogP contribution in [0.5, 0.6) is 17.2 Å². The second kappa shape index (κ2) is 7.23. The van der Waals surface area contributed by atoms with Crippen molar-refractivity contribution < 1.29 is 24.2 Å². The van der Waals surface area contributed by atoms with Gasteiger partial charge >= 0.3 is 0 Å². The zero-order valence-electron chi connectivity index (χ0n) is 13.2. The third kappa shape index (κ3) is 3.30. The van der Waals surface area contributed by atoms with Crippen molar-refractivity contribution in [3.8, 4) is 17.2 Å². The molecule has 1 aliphatic carbocycles. The molecule has 0 saturated heterocycles. The topological polar surface area (TPSA) is 91.1 Å². The van der Waals surface area contributed by atoms with Gasteiger partial charge in [0.05, 0.1) is 38.7 Å². The first-order chi connectivity index (χ1) is 10.9. The number of aliphatic hydroxyl groups excluding tert-OH is 1. The van der Waals surface area contributed by atoms with E-state index in [1.54, 1.807) is 12.1 Å². The van der Waals surface area contributed by atoms with E-state index in [0.717, 1.165) is 0 Å². The lowest BCUT2D eigenvalue weighted by Gasteiger charge is -2.33. The van der Waals surface area contributed by atoms with Gasteiger partial charge in [0.1, 0.15) is 0 Å². The molecule has 0 amide bonds. The summed E-state index contributed by atoms with van der Waals surface area (Å²) < 4.78 is 16.0. The zero-order valence-corrected chi connectivity index (χ0v) is 13.9. The summed E-state index contributed by atoms with van der Waals surface area (Å²) in [5.74, 6) is 0.769. The number of halogens is 1. The van der Waals surface area contributed by atoms with Gasteiger partial charge < -0.3 is 19.3 Å². The average molecular weight is 346 g/mol. The van der Waals surface area contributed by atoms with Crippen LogP contribution in [-0.4, -0.2) is 48.9 Å². The van der Waals surface area contributed by atoms with Crippen LogP contribution in [0.2, 0.25) is 0 Å². The molecule has 0 spiro atoms. The molecule has 1 aromatic rings. The first kappa shape index (κ1) is 17.6. The van der Waals surface area contributed by atoms with E-state index in [0.29, 0.717) is 22.8 Å². The summed E-state index contributed by atoms with van der Waals surface area (Å²) in [6.07, 6.45) is -0.613. The van der Waals surface area contributed by atoms with E-state index in [1.807, 2.05) is 0 Å². The number of hydrogen-bond acceptors (Lipinski definition) is 6. The Bertz CT molecular complexity index is 581. The van der Waals surface area contributed by atoms with Crippen LogP contribution < -0.4 is 14.2 Å². The Hall–Kier alpha value is -1.73. The molecular formula is C15H20ClNO6. The van der Waals surface area contributed by atoms with Crippen LogP contribution in [0.3, 0.4) is 0 Å². The number of benzene rings is 1. The number of methoxy groups -OCH3 is 3. The van der Waals surface area contributed by atoms with Gasteiger partial charge in [-0.1, -0.05) is 6.07 Å². The molecule has 0 aliphatic heterocycles. The molecule has 0 unspecified atom stereocenters. The number of aliphatic hydroxyl groups is 1. The molecule has 1 fully saturated rings. The highest BCUT2D eigenvalue weighted by Crippen LogP contribution is 2.47. The quantitative estimate of drug-likeness (QED) is 0.500. The first-order valence-electron chi connectivity index (χ1n) is 7.19. The van der Waals surface area contributed by atoms with E-state index < -0.39 is 23.4 Å². The highest BCUT2D eigenvalue weighted by molar-refractivity contribution is 6.21. The third-order valence-electron chi connectivity index (χ3n) is 4.25. The number of nitrogens with zero attached hydrogens (tertiary/aromatic N) is 1. The van der Waals surface area contributed by atoms with Gasteiger partial charge in [0.2, 0.25) is 11.8 Å². The van der Waals surface area contributed by atoms with E-state index in [-0.39, 0.29) is 17.8 Å². The van der Waals surface area contributed by atoms with Gasteiger partial charge in [0.25, 0.3) is 0 Å². The summed E-state index contributed by atoms with van der Waals surface area (Å²) in [6, 6.07) is 2.47. The highest BCUT2D eigenvalue weighted by atomic mass is 35.5. The molecule has 7 nitrogen and oxygen atoms in total. The van der Waals surface area contributed by atoms with Crippen molar-refractivity contribution in [2.45, 2.75) is 36.3 Å². The molecule has 0 aromatic heterocycles. The van der Waals surface area contributed by atoms with E-state index >= 15 is 0 Å². The van der Waals surface area contributed by atoms with Crippen LogP contribution in [0, 0.1) is 10.1 Å². The minimum absolute atomic E-state index is 0.00331. The van der Waals surface area contributed by atoms with Gasteiger partial charge in [-0.05, 0) is 12.5 Å². The van der Waals surface area contributed by atoms with Gasteiger partial charge in [0.15, 0.2) is 11.5 Å². The molecule has 0 radical (unpaired) electrons. The highest BCUT2D eigenvalue weighted by Gasteiger charge is 2.44. The van der Waals surface area contributed by atoms with Gasteiger partial charge in [0, 0.05) is 16.9 Å². The van der Waals surface area contributed by atoms with Gasteiger partial charge in [-0.3, -0.25) is 10.1 Å². The number of alkyl halides is 1. The maximum absolute atomic E-state index is 11.4. The summed E-state index contributed by atoms with van der Waals surface area (Å²) >= 11 is 6.14. The molecule has 1 aromatic carbocycles. The van der Waals surface area contributed by atoms with Crippen LogP contribution in [-0.2, 0) is 0 Å². The standard InChI is InChI=1S/C15H20ClNO6/c1-21-13-5-4-8(14(22-2)15(13)23-3)9-6-10(16)12(18)7-11(9)17(19)20/h4-5,9-12,18H,6-7H2,1-3H3/t9-,10+,11+,12+/m0/s1. The summed E-state index contributed by atoms with van der Waals surface area (Å²) in [5, 5.41) is 20.7. The lowest BCUT2D eigenvalue weighted by Crippen LogP contribution is -2.42. The molecule has 0 heterocycles. The summed E-state index contributed by atoms with van der Waals surface area (Å²) in [5.41, 5.74) is 0.629. The fourth-order valence-corrected chi connectivity index (χ4v) is 3.39. The van der Waals surface area contributed by atoms with Crippen LogP contribution in [0.4, 0.5) is 0 Å². The molecule has 2 rings (SSSR count). The van der Waals surface area contributed by atoms with Gasteiger partial charge in [-0.15, -0.1) is 11.6 Å². The fraction of sp³-hybridized carbons (Fsp3) is 0.600. The zero-order chi connectivity index (χ0) is 17.1. The van der Waals surface area contributed by atoms with Crippen molar-refractivity contribution in [1.29, 1.82) is 0 Å². The van der Waals surface area contributed by atoms with Crippen molar-refractivity contribution in [3.05, 3.63) is 27.8 Å². The Labute approximate surface area is 139 Å². The third-order valence-corrected chi connectivity index (χ3v) is 4.72. The largest absolute Gasteiger partial charge is 0.493 e. The number of nitro groups is 1. The van der Waals surface area contributed by atoms with Gasteiger partial charge in [-0.2, -0.15) is 0 Å². The van der Waals surface area contributed by atoms with Crippen molar-refractivity contribution in [2.75, 3.05) is 21.3 Å². The number of hydrogen-bond donors (Lipinski definition) is 1.